The van der Waals surface area contributed by atoms with Crippen LogP contribution in [0.3, 0.4) is 0 Å². The average molecular weight is 305 g/mol. The molecule has 1 rings (SSSR count). The Labute approximate surface area is 104 Å². The number of carbonyl (C=O) groups is 1. The molecule has 1 aromatic rings. The van der Waals surface area contributed by atoms with Crippen LogP contribution < -0.4 is 0 Å². The summed E-state index contributed by atoms with van der Waals surface area (Å²) in [5.41, 5.74) is -0.278. The van der Waals surface area contributed by atoms with Crippen molar-refractivity contribution in [2.24, 2.45) is 0 Å². The summed E-state index contributed by atoms with van der Waals surface area (Å²) in [6, 6.07) is 1.79. The highest BCUT2D eigenvalue weighted by Crippen LogP contribution is 2.30. The normalized spacial score (nSPS) is 10.1. The Hall–Kier alpha value is -1.55. The van der Waals surface area contributed by atoms with E-state index in [2.05, 4.69) is 25.7 Å². The molecule has 90 valence electrons. The molecule has 0 N–H and O–H groups in total. The molecular weight excluding hydrogens is 298 g/mol. The van der Waals surface area contributed by atoms with E-state index >= 15 is 0 Å². The maximum atomic E-state index is 12.6. The zero-order chi connectivity index (χ0) is 13.0. The van der Waals surface area contributed by atoms with E-state index < -0.39 is 18.1 Å². The topological polar surface area (TPSA) is 63.0 Å². The van der Waals surface area contributed by atoms with E-state index in [9.17, 15) is 13.6 Å². The van der Waals surface area contributed by atoms with E-state index in [0.717, 1.165) is 6.20 Å². The second kappa shape index (κ2) is 5.68. The number of aromatic nitrogens is 1. The molecule has 0 amide bonds. The average Bonchev–Trinajstić information content (AvgIpc) is 2.30. The van der Waals surface area contributed by atoms with Gasteiger partial charge in [0.15, 0.2) is 0 Å². The number of alkyl halides is 2. The first-order chi connectivity index (χ1) is 8.01. The van der Waals surface area contributed by atoms with Gasteiger partial charge in [0.05, 0.1) is 23.6 Å². The zero-order valence-corrected chi connectivity index (χ0v) is 10.3. The molecule has 0 spiro atoms. The van der Waals surface area contributed by atoms with Gasteiger partial charge < -0.3 is 4.74 Å². The van der Waals surface area contributed by atoms with Crippen LogP contribution in [-0.4, -0.2) is 18.1 Å². The first-order valence-corrected chi connectivity index (χ1v) is 5.22. The van der Waals surface area contributed by atoms with E-state index in [1.54, 1.807) is 6.07 Å². The van der Waals surface area contributed by atoms with Crippen molar-refractivity contribution in [3.63, 3.8) is 0 Å². The smallest absolute Gasteiger partial charge is 0.310 e. The number of hydrogen-bond acceptors (Lipinski definition) is 4. The predicted molar refractivity (Wildman–Crippen MR) is 57.3 cm³/mol. The van der Waals surface area contributed by atoms with Crippen LogP contribution in [0.15, 0.2) is 10.7 Å². The monoisotopic (exact) mass is 304 g/mol. The van der Waals surface area contributed by atoms with Crippen LogP contribution in [0.5, 0.6) is 0 Å². The maximum Gasteiger partial charge on any atom is 0.310 e. The molecule has 0 aliphatic heterocycles. The Kier molecular flexibility index (Phi) is 4.52. The van der Waals surface area contributed by atoms with Gasteiger partial charge in [-0.15, -0.1) is 0 Å². The highest BCUT2D eigenvalue weighted by atomic mass is 79.9. The minimum atomic E-state index is -2.78. The highest BCUT2D eigenvalue weighted by molar-refractivity contribution is 9.10. The Morgan fingerprint density at radius 2 is 2.35 bits per heavy atom. The molecule has 17 heavy (non-hydrogen) atoms. The van der Waals surface area contributed by atoms with E-state index in [1.165, 1.54) is 7.11 Å². The fraction of sp³-hybridized carbons (Fsp3) is 0.300. The summed E-state index contributed by atoms with van der Waals surface area (Å²) in [6.07, 6.45) is -2.03. The molecule has 0 unspecified atom stereocenters. The van der Waals surface area contributed by atoms with Gasteiger partial charge in [0, 0.05) is 6.20 Å². The number of nitriles is 1. The number of rotatable bonds is 3. The summed E-state index contributed by atoms with van der Waals surface area (Å²) < 4.78 is 29.5. The molecule has 0 atom stereocenters. The molecule has 0 radical (unpaired) electrons. The molecule has 0 aliphatic carbocycles. The Balaban J connectivity index is 3.28. The van der Waals surface area contributed by atoms with Crippen molar-refractivity contribution in [2.75, 3.05) is 7.11 Å². The molecule has 0 saturated carbocycles. The zero-order valence-electron chi connectivity index (χ0n) is 8.71. The van der Waals surface area contributed by atoms with Crippen molar-refractivity contribution in [3.05, 3.63) is 27.5 Å². The first-order valence-electron chi connectivity index (χ1n) is 4.43. The number of pyridine rings is 1. The van der Waals surface area contributed by atoms with Crippen LogP contribution in [0.25, 0.3) is 0 Å². The van der Waals surface area contributed by atoms with Gasteiger partial charge in [-0.3, -0.25) is 9.78 Å². The third-order valence-electron chi connectivity index (χ3n) is 2.02. The quantitative estimate of drug-likeness (QED) is 0.804. The van der Waals surface area contributed by atoms with Crippen molar-refractivity contribution < 1.29 is 18.3 Å². The van der Waals surface area contributed by atoms with Gasteiger partial charge in [0.2, 0.25) is 0 Å². The number of nitrogens with zero attached hydrogens (tertiary/aromatic N) is 2. The largest absolute Gasteiger partial charge is 0.469 e. The second-order valence-electron chi connectivity index (χ2n) is 3.02. The van der Waals surface area contributed by atoms with Crippen LogP contribution in [0.4, 0.5) is 8.78 Å². The Morgan fingerprint density at radius 3 is 2.82 bits per heavy atom. The van der Waals surface area contributed by atoms with E-state index in [0.29, 0.717) is 0 Å². The van der Waals surface area contributed by atoms with Gasteiger partial charge in [-0.2, -0.15) is 5.26 Å². The van der Waals surface area contributed by atoms with Crippen molar-refractivity contribution in [1.82, 2.24) is 4.98 Å². The van der Waals surface area contributed by atoms with Gasteiger partial charge in [0.25, 0.3) is 6.43 Å². The van der Waals surface area contributed by atoms with Crippen LogP contribution in [0, 0.1) is 11.3 Å². The van der Waals surface area contributed by atoms with E-state index in [4.69, 9.17) is 5.26 Å². The van der Waals surface area contributed by atoms with Crippen molar-refractivity contribution >= 4 is 21.9 Å². The fourth-order valence-corrected chi connectivity index (χ4v) is 1.81. The highest BCUT2D eigenvalue weighted by Gasteiger charge is 2.21. The minimum absolute atomic E-state index is 0.0306. The van der Waals surface area contributed by atoms with Gasteiger partial charge in [-0.25, -0.2) is 8.78 Å². The van der Waals surface area contributed by atoms with Crippen molar-refractivity contribution in [2.45, 2.75) is 12.8 Å². The molecule has 0 aliphatic rings. The lowest BCUT2D eigenvalue weighted by Gasteiger charge is -2.09. The van der Waals surface area contributed by atoms with Crippen molar-refractivity contribution in [3.8, 4) is 6.07 Å². The lowest BCUT2D eigenvalue weighted by Crippen LogP contribution is -2.09. The second-order valence-corrected chi connectivity index (χ2v) is 3.81. The number of hydrogen-bond donors (Lipinski definition) is 0. The van der Waals surface area contributed by atoms with Crippen LogP contribution >= 0.6 is 15.9 Å². The first kappa shape index (κ1) is 13.5. The summed E-state index contributed by atoms with van der Waals surface area (Å²) in [5, 5.41) is 8.81. The number of carbonyl (C=O) groups excluding carboxylic acids is 1. The Bertz CT molecular complexity index is 486. The molecule has 0 aromatic carbocycles. The lowest BCUT2D eigenvalue weighted by molar-refractivity contribution is -0.139. The maximum absolute atomic E-state index is 12.6. The minimum Gasteiger partial charge on any atom is -0.469 e. The van der Waals surface area contributed by atoms with Crippen LogP contribution in [0.2, 0.25) is 0 Å². The molecule has 1 aromatic heterocycles. The standard InChI is InChI=1S/C10H7BrF2N2O2/c1-17-7(16)2-6-5(3-14)4-15-9(8(6)11)10(12)13/h4,10H,2H2,1H3. The molecule has 0 saturated heterocycles. The molecule has 0 fully saturated rings. The SMILES string of the molecule is COC(=O)Cc1c(C#N)cnc(C(F)F)c1Br. The third-order valence-corrected chi connectivity index (χ3v) is 2.91. The number of halogens is 3. The van der Waals surface area contributed by atoms with Gasteiger partial charge >= 0.3 is 5.97 Å². The summed E-state index contributed by atoms with van der Waals surface area (Å²) >= 11 is 2.93. The fourth-order valence-electron chi connectivity index (χ4n) is 1.18. The molecule has 1 heterocycles. The molecule has 4 nitrogen and oxygen atoms in total. The van der Waals surface area contributed by atoms with Gasteiger partial charge in [-0.05, 0) is 21.5 Å². The number of ether oxygens (including phenoxy) is 1. The summed E-state index contributed by atoms with van der Waals surface area (Å²) in [5.74, 6) is -0.617. The predicted octanol–water partition coefficient (Wildman–Crippen LogP) is 2.37. The summed E-state index contributed by atoms with van der Waals surface area (Å²) in [7, 11) is 1.18. The van der Waals surface area contributed by atoms with E-state index in [1.807, 2.05) is 0 Å². The molecule has 0 bridgehead atoms. The molecule has 7 heteroatoms. The third kappa shape index (κ3) is 2.97. The van der Waals surface area contributed by atoms with Gasteiger partial charge in [0.1, 0.15) is 11.8 Å². The summed E-state index contributed by atoms with van der Waals surface area (Å²) in [4.78, 5) is 14.6. The Morgan fingerprint density at radius 1 is 1.71 bits per heavy atom. The van der Waals surface area contributed by atoms with Crippen molar-refractivity contribution in [1.29, 1.82) is 5.26 Å². The van der Waals surface area contributed by atoms with E-state index in [-0.39, 0.29) is 22.0 Å². The number of methoxy groups -OCH3 is 1. The molecular formula is C10H7BrF2N2O2. The van der Waals surface area contributed by atoms with Crippen LogP contribution in [0.1, 0.15) is 23.2 Å². The number of esters is 1. The van der Waals surface area contributed by atoms with Crippen LogP contribution in [-0.2, 0) is 16.0 Å². The summed E-state index contributed by atoms with van der Waals surface area (Å²) in [6.45, 7) is 0. The lowest BCUT2D eigenvalue weighted by atomic mass is 10.1. The van der Waals surface area contributed by atoms with Gasteiger partial charge in [-0.1, -0.05) is 0 Å².